The Hall–Kier alpha value is -2.45. The number of amides is 2. The van der Waals surface area contributed by atoms with Gasteiger partial charge in [-0.05, 0) is 37.5 Å². The highest BCUT2D eigenvalue weighted by Crippen LogP contribution is 2.41. The first-order valence-corrected chi connectivity index (χ1v) is 12.3. The number of benzene rings is 2. The van der Waals surface area contributed by atoms with Crippen LogP contribution in [0.15, 0.2) is 30.3 Å². The number of nitrogens with zero attached hydrogens (tertiary/aromatic N) is 2. The minimum Gasteiger partial charge on any atom is -0.325 e. The lowest BCUT2D eigenvalue weighted by Gasteiger charge is -2.30. The highest BCUT2D eigenvalue weighted by atomic mass is 32.2. The fourth-order valence-electron chi connectivity index (χ4n) is 4.39. The normalized spacial score (nSPS) is 19.5. The number of piperidine rings is 1. The van der Waals surface area contributed by atoms with Crippen LogP contribution in [0, 0.1) is 5.92 Å². The molecule has 2 aliphatic heterocycles. The molecule has 7 nitrogen and oxygen atoms in total. The Kier molecular flexibility index (Phi) is 5.55. The number of carbonyl (C=O) groups is 2. The Morgan fingerprint density at radius 3 is 2.77 bits per heavy atom. The average Bonchev–Trinajstić information content (AvgIpc) is 3.00. The number of anilines is 2. The van der Waals surface area contributed by atoms with Crippen LogP contribution in [-0.4, -0.2) is 50.4 Å². The number of unbranched alkanes of at least 4 members (excludes halogenated alkanes) is 1. The monoisotopic (exact) mass is 429 g/mol. The lowest BCUT2D eigenvalue weighted by molar-refractivity contribution is -0.120. The van der Waals surface area contributed by atoms with Gasteiger partial charge in [-0.15, -0.1) is 0 Å². The molecule has 2 amide bonds. The quantitative estimate of drug-likeness (QED) is 0.764. The molecule has 0 spiro atoms. The van der Waals surface area contributed by atoms with Crippen molar-refractivity contribution in [1.29, 1.82) is 0 Å². The summed E-state index contributed by atoms with van der Waals surface area (Å²) in [6.45, 7) is 3.43. The highest BCUT2D eigenvalue weighted by Gasteiger charge is 2.32. The molecule has 0 aromatic heterocycles. The summed E-state index contributed by atoms with van der Waals surface area (Å²) < 4.78 is 25.1. The molecule has 1 unspecified atom stereocenters. The number of hydrogen-bond acceptors (Lipinski definition) is 4. The van der Waals surface area contributed by atoms with Crippen LogP contribution in [0.5, 0.6) is 0 Å². The van der Waals surface area contributed by atoms with E-state index >= 15 is 0 Å². The van der Waals surface area contributed by atoms with Gasteiger partial charge in [-0.2, -0.15) is 0 Å². The molecular weight excluding hydrogens is 402 g/mol. The van der Waals surface area contributed by atoms with Crippen LogP contribution in [-0.2, 0) is 14.8 Å². The first-order chi connectivity index (χ1) is 14.3. The lowest BCUT2D eigenvalue weighted by Crippen LogP contribution is -2.43. The molecule has 0 radical (unpaired) electrons. The summed E-state index contributed by atoms with van der Waals surface area (Å²) in [7, 11) is -3.31. The van der Waals surface area contributed by atoms with Gasteiger partial charge in [-0.25, -0.2) is 12.7 Å². The SMILES string of the molecule is CCCCN1C(=O)c2cccc3c(NC(=O)C4CCCN(S(C)(=O)=O)C4)ccc1c23. The van der Waals surface area contributed by atoms with Crippen molar-refractivity contribution in [1.82, 2.24) is 4.31 Å². The van der Waals surface area contributed by atoms with Crippen LogP contribution in [0.4, 0.5) is 11.4 Å². The summed E-state index contributed by atoms with van der Waals surface area (Å²) >= 11 is 0. The van der Waals surface area contributed by atoms with Crippen molar-refractivity contribution in [2.24, 2.45) is 5.92 Å². The third kappa shape index (κ3) is 3.70. The van der Waals surface area contributed by atoms with Gasteiger partial charge in [0.25, 0.3) is 5.91 Å². The van der Waals surface area contributed by atoms with Crippen LogP contribution in [0.3, 0.4) is 0 Å². The van der Waals surface area contributed by atoms with Crippen LogP contribution < -0.4 is 10.2 Å². The molecule has 1 saturated heterocycles. The zero-order chi connectivity index (χ0) is 21.5. The molecule has 2 aromatic carbocycles. The van der Waals surface area contributed by atoms with Crippen molar-refractivity contribution < 1.29 is 18.0 Å². The molecule has 0 aliphatic carbocycles. The molecule has 1 atom stereocenters. The molecular formula is C22H27N3O4S. The first kappa shape index (κ1) is 20.8. The standard InChI is InChI=1S/C22H27N3O4S/c1-3-4-13-25-19-11-10-18(16-8-5-9-17(20(16)19)22(25)27)23-21(26)15-7-6-12-24(14-15)30(2,28)29/h5,8-11,15H,3-4,6-7,12-14H2,1-2H3,(H,23,26). The number of rotatable bonds is 6. The van der Waals surface area contributed by atoms with Crippen molar-refractivity contribution in [2.75, 3.05) is 36.1 Å². The zero-order valence-electron chi connectivity index (χ0n) is 17.3. The summed E-state index contributed by atoms with van der Waals surface area (Å²) in [5, 5.41) is 4.70. The van der Waals surface area contributed by atoms with Crippen molar-refractivity contribution in [3.8, 4) is 0 Å². The number of hydrogen-bond donors (Lipinski definition) is 1. The second kappa shape index (κ2) is 8.00. The van der Waals surface area contributed by atoms with E-state index in [2.05, 4.69) is 12.2 Å². The Balaban J connectivity index is 1.62. The summed E-state index contributed by atoms with van der Waals surface area (Å²) in [4.78, 5) is 27.6. The van der Waals surface area contributed by atoms with E-state index in [0.717, 1.165) is 29.3 Å². The predicted octanol–water partition coefficient (Wildman–Crippen LogP) is 3.21. The van der Waals surface area contributed by atoms with Crippen molar-refractivity contribution in [3.05, 3.63) is 35.9 Å². The highest BCUT2D eigenvalue weighted by molar-refractivity contribution is 7.88. The Bertz CT molecular complexity index is 1110. The molecule has 0 bridgehead atoms. The molecule has 0 saturated carbocycles. The second-order valence-electron chi connectivity index (χ2n) is 8.12. The van der Waals surface area contributed by atoms with E-state index in [1.807, 2.05) is 35.2 Å². The predicted molar refractivity (Wildman–Crippen MR) is 118 cm³/mol. The number of sulfonamides is 1. The topological polar surface area (TPSA) is 86.8 Å². The fourth-order valence-corrected chi connectivity index (χ4v) is 5.30. The van der Waals surface area contributed by atoms with E-state index in [0.29, 0.717) is 37.2 Å². The van der Waals surface area contributed by atoms with E-state index in [-0.39, 0.29) is 24.3 Å². The summed E-state index contributed by atoms with van der Waals surface area (Å²) in [6.07, 6.45) is 4.43. The molecule has 1 N–H and O–H groups in total. The van der Waals surface area contributed by atoms with Gasteiger partial charge < -0.3 is 10.2 Å². The maximum Gasteiger partial charge on any atom is 0.258 e. The second-order valence-corrected chi connectivity index (χ2v) is 10.1. The van der Waals surface area contributed by atoms with Gasteiger partial charge in [0.1, 0.15) is 0 Å². The van der Waals surface area contributed by atoms with E-state index in [1.165, 1.54) is 10.6 Å². The van der Waals surface area contributed by atoms with Crippen LogP contribution in [0.25, 0.3) is 10.8 Å². The maximum atomic E-state index is 12.9. The fraction of sp³-hybridized carbons (Fsp3) is 0.455. The van der Waals surface area contributed by atoms with Gasteiger partial charge in [0.05, 0.1) is 17.9 Å². The lowest BCUT2D eigenvalue weighted by atomic mass is 9.98. The molecule has 160 valence electrons. The number of carbonyl (C=O) groups excluding carboxylic acids is 2. The Morgan fingerprint density at radius 2 is 2.03 bits per heavy atom. The third-order valence-corrected chi connectivity index (χ3v) is 7.27. The molecule has 2 aromatic rings. The van der Waals surface area contributed by atoms with Crippen molar-refractivity contribution >= 4 is 44.0 Å². The Morgan fingerprint density at radius 1 is 1.23 bits per heavy atom. The Labute approximate surface area is 177 Å². The minimum absolute atomic E-state index is 0.00333. The zero-order valence-corrected chi connectivity index (χ0v) is 18.2. The van der Waals surface area contributed by atoms with Crippen LogP contribution in [0.2, 0.25) is 0 Å². The van der Waals surface area contributed by atoms with Gasteiger partial charge in [-0.3, -0.25) is 9.59 Å². The largest absolute Gasteiger partial charge is 0.325 e. The van der Waals surface area contributed by atoms with Crippen LogP contribution >= 0.6 is 0 Å². The van der Waals surface area contributed by atoms with Gasteiger partial charge in [0.2, 0.25) is 15.9 Å². The molecule has 8 heteroatoms. The van der Waals surface area contributed by atoms with Gasteiger partial charge in [0, 0.05) is 41.7 Å². The molecule has 2 aliphatic rings. The summed E-state index contributed by atoms with van der Waals surface area (Å²) in [5.74, 6) is -0.570. The molecule has 2 heterocycles. The third-order valence-electron chi connectivity index (χ3n) is 6.00. The molecule has 4 rings (SSSR count). The smallest absolute Gasteiger partial charge is 0.258 e. The number of nitrogens with one attached hydrogen (secondary N) is 1. The van der Waals surface area contributed by atoms with Crippen molar-refractivity contribution in [2.45, 2.75) is 32.6 Å². The summed E-state index contributed by atoms with van der Waals surface area (Å²) in [5.41, 5.74) is 2.20. The van der Waals surface area contributed by atoms with E-state index in [1.54, 1.807) is 0 Å². The summed E-state index contributed by atoms with van der Waals surface area (Å²) in [6, 6.07) is 9.32. The minimum atomic E-state index is -3.31. The average molecular weight is 430 g/mol. The molecule has 30 heavy (non-hydrogen) atoms. The maximum absolute atomic E-state index is 12.9. The first-order valence-electron chi connectivity index (χ1n) is 10.4. The van der Waals surface area contributed by atoms with Crippen molar-refractivity contribution in [3.63, 3.8) is 0 Å². The van der Waals surface area contributed by atoms with Gasteiger partial charge in [0.15, 0.2) is 0 Å². The molecule has 1 fully saturated rings. The van der Waals surface area contributed by atoms with Gasteiger partial charge in [-0.1, -0.05) is 25.5 Å². The van der Waals surface area contributed by atoms with Gasteiger partial charge >= 0.3 is 0 Å². The van der Waals surface area contributed by atoms with E-state index < -0.39 is 10.0 Å². The van der Waals surface area contributed by atoms with Crippen LogP contribution in [0.1, 0.15) is 43.0 Å². The van der Waals surface area contributed by atoms with E-state index in [9.17, 15) is 18.0 Å². The van der Waals surface area contributed by atoms with E-state index in [4.69, 9.17) is 0 Å².